The molecule has 3 nitrogen and oxygen atoms in total. The number of Topliss-reactive ketones (excluding diaryl/α,β-unsaturated/α-hetero) is 1. The van der Waals surface area contributed by atoms with Crippen LogP contribution in [0.25, 0.3) is 6.08 Å². The minimum atomic E-state index is -0.105. The second-order valence-corrected chi connectivity index (χ2v) is 5.59. The second-order valence-electron chi connectivity index (χ2n) is 4.73. The minimum absolute atomic E-state index is 0.105. The van der Waals surface area contributed by atoms with Crippen molar-refractivity contribution in [1.29, 1.82) is 0 Å². The van der Waals surface area contributed by atoms with Crippen molar-refractivity contribution >= 4 is 27.8 Å². The van der Waals surface area contributed by atoms with Crippen LogP contribution in [0.3, 0.4) is 0 Å². The standard InChI is InChI=1S/C17H13BrO3/c1-10-14(20-2)8-7-12-16(19)15(21-17(10)12)9-11-5-3-4-6-13(11)18/h3-9H,1-2H3/b15-9-. The number of rotatable bonds is 2. The molecule has 1 heterocycles. The van der Waals surface area contributed by atoms with Crippen molar-refractivity contribution in [3.8, 4) is 11.5 Å². The van der Waals surface area contributed by atoms with Gasteiger partial charge in [-0.05, 0) is 36.8 Å². The molecule has 1 aliphatic heterocycles. The lowest BCUT2D eigenvalue weighted by molar-refractivity contribution is 0.101. The van der Waals surface area contributed by atoms with E-state index in [1.165, 1.54) is 0 Å². The van der Waals surface area contributed by atoms with Crippen LogP contribution in [-0.2, 0) is 0 Å². The Morgan fingerprint density at radius 3 is 2.67 bits per heavy atom. The summed E-state index contributed by atoms with van der Waals surface area (Å²) in [5.41, 5.74) is 2.31. The highest BCUT2D eigenvalue weighted by Crippen LogP contribution is 2.39. The molecule has 2 aromatic rings. The van der Waals surface area contributed by atoms with Crippen LogP contribution in [0.15, 0.2) is 46.6 Å². The van der Waals surface area contributed by atoms with Gasteiger partial charge in [-0.15, -0.1) is 0 Å². The number of methoxy groups -OCH3 is 1. The first-order valence-electron chi connectivity index (χ1n) is 6.48. The van der Waals surface area contributed by atoms with Gasteiger partial charge in [0.25, 0.3) is 0 Å². The van der Waals surface area contributed by atoms with Gasteiger partial charge in [-0.3, -0.25) is 4.79 Å². The van der Waals surface area contributed by atoms with Gasteiger partial charge in [0.2, 0.25) is 5.78 Å². The van der Waals surface area contributed by atoms with Gasteiger partial charge in [0.05, 0.1) is 12.7 Å². The van der Waals surface area contributed by atoms with Gasteiger partial charge in [0.1, 0.15) is 11.5 Å². The van der Waals surface area contributed by atoms with E-state index in [4.69, 9.17) is 9.47 Å². The summed E-state index contributed by atoms with van der Waals surface area (Å²) < 4.78 is 11.9. The summed E-state index contributed by atoms with van der Waals surface area (Å²) in [4.78, 5) is 12.4. The predicted molar refractivity (Wildman–Crippen MR) is 84.8 cm³/mol. The Balaban J connectivity index is 2.05. The summed E-state index contributed by atoms with van der Waals surface area (Å²) in [6.07, 6.45) is 1.75. The Morgan fingerprint density at radius 1 is 1.19 bits per heavy atom. The molecule has 0 N–H and O–H groups in total. The molecule has 21 heavy (non-hydrogen) atoms. The molecule has 1 aliphatic rings. The Hall–Kier alpha value is -2.07. The van der Waals surface area contributed by atoms with E-state index in [0.29, 0.717) is 22.8 Å². The van der Waals surface area contributed by atoms with Gasteiger partial charge in [-0.1, -0.05) is 34.1 Å². The third-order valence-electron chi connectivity index (χ3n) is 3.45. The first kappa shape index (κ1) is 13.9. The van der Waals surface area contributed by atoms with Crippen molar-refractivity contribution in [2.75, 3.05) is 7.11 Å². The van der Waals surface area contributed by atoms with Crippen molar-refractivity contribution in [3.63, 3.8) is 0 Å². The molecular formula is C17H13BrO3. The number of allylic oxidation sites excluding steroid dienone is 1. The zero-order valence-electron chi connectivity index (χ0n) is 11.6. The second kappa shape index (κ2) is 5.37. The van der Waals surface area contributed by atoms with E-state index in [0.717, 1.165) is 15.6 Å². The van der Waals surface area contributed by atoms with Crippen molar-refractivity contribution in [3.05, 3.63) is 63.3 Å². The Labute approximate surface area is 131 Å². The summed E-state index contributed by atoms with van der Waals surface area (Å²) in [6, 6.07) is 11.2. The first-order valence-corrected chi connectivity index (χ1v) is 7.27. The first-order chi connectivity index (χ1) is 10.1. The van der Waals surface area contributed by atoms with Crippen LogP contribution in [0.2, 0.25) is 0 Å². The van der Waals surface area contributed by atoms with Crippen LogP contribution in [0.1, 0.15) is 21.5 Å². The minimum Gasteiger partial charge on any atom is -0.496 e. The Morgan fingerprint density at radius 2 is 1.95 bits per heavy atom. The molecule has 106 valence electrons. The number of carbonyl (C=O) groups excluding carboxylic acids is 1. The SMILES string of the molecule is COc1ccc2c(c1C)O/C(=C\c1ccccc1Br)C2=O. The lowest BCUT2D eigenvalue weighted by Gasteiger charge is -2.07. The fourth-order valence-corrected chi connectivity index (χ4v) is 2.72. The third-order valence-corrected chi connectivity index (χ3v) is 4.17. The number of benzene rings is 2. The van der Waals surface area contributed by atoms with Gasteiger partial charge in [0.15, 0.2) is 5.76 Å². The van der Waals surface area contributed by atoms with E-state index >= 15 is 0 Å². The molecule has 0 bridgehead atoms. The van der Waals surface area contributed by atoms with Crippen LogP contribution < -0.4 is 9.47 Å². The van der Waals surface area contributed by atoms with Crippen molar-refractivity contribution in [2.24, 2.45) is 0 Å². The van der Waals surface area contributed by atoms with Crippen molar-refractivity contribution in [1.82, 2.24) is 0 Å². The monoisotopic (exact) mass is 344 g/mol. The Kier molecular flexibility index (Phi) is 3.55. The third kappa shape index (κ3) is 2.36. The summed E-state index contributed by atoms with van der Waals surface area (Å²) in [5, 5.41) is 0. The molecule has 0 atom stereocenters. The van der Waals surface area contributed by atoms with E-state index in [-0.39, 0.29) is 5.78 Å². The molecular weight excluding hydrogens is 332 g/mol. The normalized spacial score (nSPS) is 15.0. The summed E-state index contributed by atoms with van der Waals surface area (Å²) >= 11 is 3.46. The molecule has 0 radical (unpaired) electrons. The smallest absolute Gasteiger partial charge is 0.231 e. The number of fused-ring (bicyclic) bond motifs is 1. The molecule has 0 amide bonds. The van der Waals surface area contributed by atoms with Crippen LogP contribution >= 0.6 is 15.9 Å². The molecule has 2 aromatic carbocycles. The molecule has 4 heteroatoms. The van der Waals surface area contributed by atoms with Gasteiger partial charge in [0, 0.05) is 10.0 Å². The van der Waals surface area contributed by atoms with Crippen LogP contribution in [0.5, 0.6) is 11.5 Å². The largest absolute Gasteiger partial charge is 0.496 e. The molecule has 0 saturated carbocycles. The fraction of sp³-hybridized carbons (Fsp3) is 0.118. The lowest BCUT2D eigenvalue weighted by atomic mass is 10.1. The number of carbonyl (C=O) groups is 1. The maximum atomic E-state index is 12.4. The number of halogens is 1. The van der Waals surface area contributed by atoms with Gasteiger partial charge in [-0.25, -0.2) is 0 Å². The van der Waals surface area contributed by atoms with Crippen LogP contribution in [-0.4, -0.2) is 12.9 Å². The van der Waals surface area contributed by atoms with Gasteiger partial charge < -0.3 is 9.47 Å². The van der Waals surface area contributed by atoms with E-state index < -0.39 is 0 Å². The lowest BCUT2D eigenvalue weighted by Crippen LogP contribution is -1.98. The zero-order chi connectivity index (χ0) is 15.0. The number of ketones is 1. The quantitative estimate of drug-likeness (QED) is 0.758. The highest BCUT2D eigenvalue weighted by Gasteiger charge is 2.30. The van der Waals surface area contributed by atoms with Gasteiger partial charge in [-0.2, -0.15) is 0 Å². The molecule has 0 spiro atoms. The van der Waals surface area contributed by atoms with Crippen LogP contribution in [0.4, 0.5) is 0 Å². The summed E-state index contributed by atoms with van der Waals surface area (Å²) in [6.45, 7) is 1.88. The average Bonchev–Trinajstić information content (AvgIpc) is 2.80. The summed E-state index contributed by atoms with van der Waals surface area (Å²) in [7, 11) is 1.60. The van der Waals surface area contributed by atoms with Crippen molar-refractivity contribution in [2.45, 2.75) is 6.92 Å². The number of hydrogen-bond acceptors (Lipinski definition) is 3. The number of ether oxygens (including phenoxy) is 2. The molecule has 0 fully saturated rings. The van der Waals surface area contributed by atoms with E-state index in [1.807, 2.05) is 31.2 Å². The molecule has 0 aliphatic carbocycles. The maximum Gasteiger partial charge on any atom is 0.231 e. The van der Waals surface area contributed by atoms with Gasteiger partial charge >= 0.3 is 0 Å². The predicted octanol–water partition coefficient (Wildman–Crippen LogP) is 4.38. The summed E-state index contributed by atoms with van der Waals surface area (Å²) in [5.74, 6) is 1.51. The number of hydrogen-bond donors (Lipinski definition) is 0. The highest BCUT2D eigenvalue weighted by molar-refractivity contribution is 9.10. The molecule has 0 unspecified atom stereocenters. The van der Waals surface area contributed by atoms with E-state index in [9.17, 15) is 4.79 Å². The highest BCUT2D eigenvalue weighted by atomic mass is 79.9. The van der Waals surface area contributed by atoms with Crippen LogP contribution in [0, 0.1) is 6.92 Å². The zero-order valence-corrected chi connectivity index (χ0v) is 13.2. The molecule has 0 saturated heterocycles. The maximum absolute atomic E-state index is 12.4. The Bertz CT molecular complexity index is 763. The molecule has 3 rings (SSSR count). The fourth-order valence-electron chi connectivity index (χ4n) is 2.32. The molecule has 0 aromatic heterocycles. The average molecular weight is 345 g/mol. The van der Waals surface area contributed by atoms with E-state index in [2.05, 4.69) is 15.9 Å². The van der Waals surface area contributed by atoms with E-state index in [1.54, 1.807) is 25.3 Å². The topological polar surface area (TPSA) is 35.5 Å². The van der Waals surface area contributed by atoms with Crippen molar-refractivity contribution < 1.29 is 14.3 Å².